The maximum atomic E-state index is 6.34. The predicted molar refractivity (Wildman–Crippen MR) is 118 cm³/mol. The Hall–Kier alpha value is -2.53. The smallest absolute Gasteiger partial charge is 0.130 e. The standard InChI is InChI=1S/C23H31N5/c1-23(2,3)21-9-6-10-22(28-21)27-20-14-15(13-19-16(20)11-12-25-19)26-18-8-5-4-7-17(18)24/h6,9-14,17-18,25-26H,4-5,7-8,24H2,1-3H3,(H,27,28)/t17-,18+/m0/s1. The molecule has 0 radical (unpaired) electrons. The average Bonchev–Trinajstić information content (AvgIpc) is 3.12. The highest BCUT2D eigenvalue weighted by molar-refractivity contribution is 5.96. The van der Waals surface area contributed by atoms with Gasteiger partial charge in [0.05, 0.1) is 5.69 Å². The van der Waals surface area contributed by atoms with Crippen LogP contribution in [0.5, 0.6) is 0 Å². The van der Waals surface area contributed by atoms with Crippen molar-refractivity contribution in [3.63, 3.8) is 0 Å². The van der Waals surface area contributed by atoms with Crippen LogP contribution in [0.4, 0.5) is 17.2 Å². The topological polar surface area (TPSA) is 78.8 Å². The average molecular weight is 378 g/mol. The second-order valence-corrected chi connectivity index (χ2v) is 8.94. The van der Waals surface area contributed by atoms with Gasteiger partial charge in [-0.2, -0.15) is 0 Å². The number of nitrogens with two attached hydrogens (primary N) is 1. The fourth-order valence-electron chi connectivity index (χ4n) is 3.97. The zero-order valence-electron chi connectivity index (χ0n) is 17.0. The minimum absolute atomic E-state index is 0.0155. The molecule has 5 N–H and O–H groups in total. The highest BCUT2D eigenvalue weighted by Crippen LogP contribution is 2.32. The molecule has 4 rings (SSSR count). The first-order valence-electron chi connectivity index (χ1n) is 10.3. The lowest BCUT2D eigenvalue weighted by atomic mass is 9.91. The van der Waals surface area contributed by atoms with Gasteiger partial charge >= 0.3 is 0 Å². The van der Waals surface area contributed by atoms with E-state index in [2.05, 4.69) is 66.7 Å². The minimum Gasteiger partial charge on any atom is -0.381 e. The van der Waals surface area contributed by atoms with Crippen LogP contribution in [0.1, 0.15) is 52.1 Å². The van der Waals surface area contributed by atoms with Gasteiger partial charge in [0.15, 0.2) is 0 Å². The molecule has 5 heteroatoms. The summed E-state index contributed by atoms with van der Waals surface area (Å²) in [5.41, 5.74) is 10.7. The number of nitrogens with zero attached hydrogens (tertiary/aromatic N) is 1. The van der Waals surface area contributed by atoms with E-state index in [1.165, 1.54) is 12.8 Å². The molecule has 3 aromatic rings. The highest BCUT2D eigenvalue weighted by atomic mass is 15.0. The van der Waals surface area contributed by atoms with Gasteiger partial charge in [-0.3, -0.25) is 0 Å². The summed E-state index contributed by atoms with van der Waals surface area (Å²) in [6.07, 6.45) is 6.67. The largest absolute Gasteiger partial charge is 0.381 e. The van der Waals surface area contributed by atoms with Gasteiger partial charge in [0, 0.05) is 46.0 Å². The number of anilines is 3. The number of pyridine rings is 1. The second kappa shape index (κ2) is 7.47. The van der Waals surface area contributed by atoms with E-state index >= 15 is 0 Å². The van der Waals surface area contributed by atoms with Crippen LogP contribution in [0.2, 0.25) is 0 Å². The van der Waals surface area contributed by atoms with Crippen molar-refractivity contribution in [2.24, 2.45) is 5.73 Å². The molecule has 0 spiro atoms. The van der Waals surface area contributed by atoms with E-state index in [4.69, 9.17) is 10.7 Å². The van der Waals surface area contributed by atoms with Crippen molar-refractivity contribution in [3.05, 3.63) is 48.3 Å². The monoisotopic (exact) mass is 377 g/mol. The van der Waals surface area contributed by atoms with Gasteiger partial charge in [-0.25, -0.2) is 4.98 Å². The Kier molecular flexibility index (Phi) is 5.02. The lowest BCUT2D eigenvalue weighted by Gasteiger charge is -2.30. The lowest BCUT2D eigenvalue weighted by Crippen LogP contribution is -2.42. The third kappa shape index (κ3) is 3.99. The molecular formula is C23H31N5. The van der Waals surface area contributed by atoms with E-state index in [0.717, 1.165) is 46.6 Å². The summed E-state index contributed by atoms with van der Waals surface area (Å²) in [5, 5.41) is 8.36. The van der Waals surface area contributed by atoms with Gasteiger partial charge in [-0.15, -0.1) is 0 Å². The van der Waals surface area contributed by atoms with Crippen molar-refractivity contribution < 1.29 is 0 Å². The molecule has 0 amide bonds. The summed E-state index contributed by atoms with van der Waals surface area (Å²) in [4.78, 5) is 8.16. The number of hydrogen-bond acceptors (Lipinski definition) is 4. The SMILES string of the molecule is CC(C)(C)c1cccc(Nc2cc(N[C@@H]3CCCC[C@@H]3N)cc3[nH]ccc23)n1. The summed E-state index contributed by atoms with van der Waals surface area (Å²) in [5.74, 6) is 0.862. The van der Waals surface area contributed by atoms with Crippen molar-refractivity contribution in [2.45, 2.75) is 64.0 Å². The van der Waals surface area contributed by atoms with Crippen LogP contribution < -0.4 is 16.4 Å². The van der Waals surface area contributed by atoms with Gasteiger partial charge in [0.1, 0.15) is 5.82 Å². The molecule has 2 aromatic heterocycles. The number of fused-ring (bicyclic) bond motifs is 1. The molecule has 0 bridgehead atoms. The quantitative estimate of drug-likeness (QED) is 0.498. The molecule has 1 aromatic carbocycles. The molecular weight excluding hydrogens is 346 g/mol. The molecule has 5 nitrogen and oxygen atoms in total. The Bertz CT molecular complexity index is 953. The Morgan fingerprint density at radius 1 is 1.11 bits per heavy atom. The number of nitrogens with one attached hydrogen (secondary N) is 3. The molecule has 2 atom stereocenters. The molecule has 28 heavy (non-hydrogen) atoms. The van der Waals surface area contributed by atoms with E-state index < -0.39 is 0 Å². The lowest BCUT2D eigenvalue weighted by molar-refractivity contribution is 0.404. The number of aromatic amines is 1. The Morgan fingerprint density at radius 3 is 2.71 bits per heavy atom. The fraction of sp³-hybridized carbons (Fsp3) is 0.435. The number of benzene rings is 1. The van der Waals surface area contributed by atoms with Crippen LogP contribution in [-0.4, -0.2) is 22.1 Å². The first-order valence-corrected chi connectivity index (χ1v) is 10.3. The third-order valence-corrected chi connectivity index (χ3v) is 5.62. The molecule has 1 aliphatic rings. The van der Waals surface area contributed by atoms with E-state index in [1.54, 1.807) is 0 Å². The van der Waals surface area contributed by atoms with E-state index in [9.17, 15) is 0 Å². The van der Waals surface area contributed by atoms with Crippen molar-refractivity contribution in [3.8, 4) is 0 Å². The maximum Gasteiger partial charge on any atom is 0.130 e. The van der Waals surface area contributed by atoms with Gasteiger partial charge in [0.2, 0.25) is 0 Å². The van der Waals surface area contributed by atoms with Crippen molar-refractivity contribution >= 4 is 28.1 Å². The molecule has 0 aliphatic heterocycles. The zero-order chi connectivity index (χ0) is 19.7. The van der Waals surface area contributed by atoms with Gasteiger partial charge in [0.25, 0.3) is 0 Å². The van der Waals surface area contributed by atoms with Gasteiger partial charge in [-0.1, -0.05) is 39.7 Å². The molecule has 0 saturated heterocycles. The van der Waals surface area contributed by atoms with E-state index in [-0.39, 0.29) is 11.5 Å². The van der Waals surface area contributed by atoms with Crippen molar-refractivity contribution in [1.29, 1.82) is 0 Å². The highest BCUT2D eigenvalue weighted by Gasteiger charge is 2.22. The summed E-state index contributed by atoms with van der Waals surface area (Å²) in [7, 11) is 0. The summed E-state index contributed by atoms with van der Waals surface area (Å²) in [6.45, 7) is 6.55. The van der Waals surface area contributed by atoms with Crippen LogP contribution in [0.25, 0.3) is 10.9 Å². The van der Waals surface area contributed by atoms with Crippen LogP contribution in [0.3, 0.4) is 0 Å². The molecule has 2 heterocycles. The van der Waals surface area contributed by atoms with E-state index in [1.807, 2.05) is 12.3 Å². The number of hydrogen-bond donors (Lipinski definition) is 4. The number of rotatable bonds is 4. The van der Waals surface area contributed by atoms with Crippen LogP contribution in [0, 0.1) is 0 Å². The Balaban J connectivity index is 1.64. The normalized spacial score (nSPS) is 20.3. The van der Waals surface area contributed by atoms with Crippen LogP contribution >= 0.6 is 0 Å². The number of aromatic nitrogens is 2. The van der Waals surface area contributed by atoms with Crippen molar-refractivity contribution in [2.75, 3.05) is 10.6 Å². The third-order valence-electron chi connectivity index (χ3n) is 5.62. The van der Waals surface area contributed by atoms with Crippen LogP contribution in [-0.2, 0) is 5.41 Å². The molecule has 0 unspecified atom stereocenters. The maximum absolute atomic E-state index is 6.34. The first kappa shape index (κ1) is 18.8. The molecule has 1 saturated carbocycles. The van der Waals surface area contributed by atoms with E-state index in [0.29, 0.717) is 6.04 Å². The van der Waals surface area contributed by atoms with Crippen LogP contribution in [0.15, 0.2) is 42.6 Å². The molecule has 1 fully saturated rings. The summed E-state index contributed by atoms with van der Waals surface area (Å²) >= 11 is 0. The summed E-state index contributed by atoms with van der Waals surface area (Å²) < 4.78 is 0. The number of H-pyrrole nitrogens is 1. The van der Waals surface area contributed by atoms with Gasteiger partial charge in [-0.05, 0) is 43.2 Å². The first-order chi connectivity index (χ1) is 13.4. The Morgan fingerprint density at radius 2 is 1.93 bits per heavy atom. The second-order valence-electron chi connectivity index (χ2n) is 8.94. The van der Waals surface area contributed by atoms with Crippen molar-refractivity contribution in [1.82, 2.24) is 9.97 Å². The zero-order valence-corrected chi connectivity index (χ0v) is 17.0. The summed E-state index contributed by atoms with van der Waals surface area (Å²) in [6, 6.07) is 13.1. The fourth-order valence-corrected chi connectivity index (χ4v) is 3.97. The minimum atomic E-state index is 0.0155. The predicted octanol–water partition coefficient (Wildman–Crippen LogP) is 5.29. The Labute approximate surface area is 167 Å². The molecule has 148 valence electrons. The molecule has 1 aliphatic carbocycles. The van der Waals surface area contributed by atoms with Gasteiger partial charge < -0.3 is 21.4 Å².